The fraction of sp³-hybridized carbons (Fsp3) is 0.435. The van der Waals surface area contributed by atoms with Crippen molar-refractivity contribution < 1.29 is 13.7 Å². The number of hydrogen-bond donors (Lipinski definition) is 1. The molecule has 0 saturated carbocycles. The summed E-state index contributed by atoms with van der Waals surface area (Å²) in [5, 5.41) is 2.94. The monoisotopic (exact) mass is 427 g/mol. The Balaban J connectivity index is 1.31. The Labute approximate surface area is 178 Å². The molecule has 1 fully saturated rings. The summed E-state index contributed by atoms with van der Waals surface area (Å²) < 4.78 is 22.0. The van der Waals surface area contributed by atoms with Gasteiger partial charge in [0.2, 0.25) is 0 Å². The molecule has 1 N–H and O–H groups in total. The number of carbonyl (C=O) groups is 1. The SMILES string of the molecule is CN=S1(=O)CCN(CC(C)NC(=O)OCC2c3ccccc3-c3ccccc32)CC1. The summed E-state index contributed by atoms with van der Waals surface area (Å²) in [6.45, 7) is 4.48. The van der Waals surface area contributed by atoms with Crippen molar-refractivity contribution in [3.63, 3.8) is 0 Å². The van der Waals surface area contributed by atoms with Gasteiger partial charge in [-0.15, -0.1) is 0 Å². The number of nitrogens with one attached hydrogen (secondary N) is 1. The Morgan fingerprint density at radius 1 is 1.13 bits per heavy atom. The van der Waals surface area contributed by atoms with Crippen LogP contribution in [0.4, 0.5) is 4.79 Å². The average molecular weight is 428 g/mol. The maximum atomic E-state index is 12.4. The number of ether oxygens (including phenoxy) is 1. The van der Waals surface area contributed by atoms with Gasteiger partial charge in [-0.25, -0.2) is 13.4 Å². The van der Waals surface area contributed by atoms with Crippen LogP contribution in [0.15, 0.2) is 52.9 Å². The summed E-state index contributed by atoms with van der Waals surface area (Å²) in [6, 6.07) is 16.6. The van der Waals surface area contributed by atoms with Crippen molar-refractivity contribution in [2.75, 3.05) is 44.8 Å². The molecular weight excluding hydrogens is 398 g/mol. The first-order valence-electron chi connectivity index (χ1n) is 10.4. The molecule has 2 aromatic rings. The normalized spacial score (nSPS) is 18.9. The van der Waals surface area contributed by atoms with E-state index < -0.39 is 15.8 Å². The minimum absolute atomic E-state index is 0.0478. The van der Waals surface area contributed by atoms with E-state index in [0.717, 1.165) is 13.1 Å². The number of fused-ring (bicyclic) bond motifs is 3. The van der Waals surface area contributed by atoms with Crippen LogP contribution in [0.25, 0.3) is 11.1 Å². The van der Waals surface area contributed by atoms with Crippen LogP contribution < -0.4 is 5.32 Å². The van der Waals surface area contributed by atoms with E-state index in [0.29, 0.717) is 24.7 Å². The van der Waals surface area contributed by atoms with Gasteiger partial charge in [-0.2, -0.15) is 0 Å². The summed E-state index contributed by atoms with van der Waals surface area (Å²) in [4.78, 5) is 14.6. The van der Waals surface area contributed by atoms with E-state index in [2.05, 4.69) is 38.8 Å². The molecule has 4 rings (SSSR count). The predicted molar refractivity (Wildman–Crippen MR) is 120 cm³/mol. The summed E-state index contributed by atoms with van der Waals surface area (Å²) in [5.41, 5.74) is 4.85. The van der Waals surface area contributed by atoms with Crippen LogP contribution in [-0.4, -0.2) is 66.0 Å². The van der Waals surface area contributed by atoms with Gasteiger partial charge in [0.05, 0.1) is 0 Å². The summed E-state index contributed by atoms with van der Waals surface area (Å²) in [6.07, 6.45) is -0.395. The standard InChI is InChI=1S/C23H29N3O3S/c1-17(15-26-11-13-30(28,24-2)14-12-26)25-23(27)29-16-22-20-9-5-3-7-18(20)19-8-4-6-10-21(19)22/h3-10,17,22H,11-16H2,1-2H3,(H,25,27). The van der Waals surface area contributed by atoms with Crippen LogP contribution in [0.3, 0.4) is 0 Å². The second-order valence-electron chi connectivity index (χ2n) is 8.03. The van der Waals surface area contributed by atoms with Crippen molar-refractivity contribution in [3.05, 3.63) is 59.7 Å². The maximum Gasteiger partial charge on any atom is 0.407 e. The van der Waals surface area contributed by atoms with E-state index in [9.17, 15) is 9.00 Å². The third-order valence-electron chi connectivity index (χ3n) is 6.03. The van der Waals surface area contributed by atoms with Crippen molar-refractivity contribution in [1.82, 2.24) is 10.2 Å². The quantitative estimate of drug-likeness (QED) is 0.795. The lowest BCUT2D eigenvalue weighted by Crippen LogP contribution is -2.47. The average Bonchev–Trinajstić information content (AvgIpc) is 3.08. The number of nitrogens with zero attached hydrogens (tertiary/aromatic N) is 2. The number of amides is 1. The van der Waals surface area contributed by atoms with E-state index in [1.807, 2.05) is 31.2 Å². The number of rotatable bonds is 5. The second kappa shape index (κ2) is 8.78. The van der Waals surface area contributed by atoms with Gasteiger partial charge in [0.25, 0.3) is 0 Å². The molecule has 1 amide bonds. The van der Waals surface area contributed by atoms with Crippen LogP contribution in [0.5, 0.6) is 0 Å². The fourth-order valence-corrected chi connectivity index (χ4v) is 6.05. The van der Waals surface area contributed by atoms with E-state index >= 15 is 0 Å². The molecule has 1 atom stereocenters. The van der Waals surface area contributed by atoms with Gasteiger partial charge < -0.3 is 10.1 Å². The highest BCUT2D eigenvalue weighted by atomic mass is 32.2. The first-order valence-corrected chi connectivity index (χ1v) is 12.3. The van der Waals surface area contributed by atoms with Crippen LogP contribution >= 0.6 is 0 Å². The molecular formula is C23H29N3O3S. The van der Waals surface area contributed by atoms with Crippen molar-refractivity contribution in [2.24, 2.45) is 4.36 Å². The molecule has 0 radical (unpaired) electrons. The summed E-state index contributed by atoms with van der Waals surface area (Å²) >= 11 is 0. The lowest BCUT2D eigenvalue weighted by molar-refractivity contribution is 0.136. The zero-order chi connectivity index (χ0) is 21.1. The molecule has 1 aliphatic carbocycles. The van der Waals surface area contributed by atoms with Crippen LogP contribution in [0.1, 0.15) is 24.0 Å². The van der Waals surface area contributed by atoms with Gasteiger partial charge in [0, 0.05) is 59.9 Å². The predicted octanol–water partition coefficient (Wildman–Crippen LogP) is 3.33. The molecule has 160 valence electrons. The highest BCUT2D eigenvalue weighted by Gasteiger charge is 2.29. The van der Waals surface area contributed by atoms with Crippen LogP contribution in [-0.2, 0) is 14.5 Å². The Morgan fingerprint density at radius 3 is 2.27 bits per heavy atom. The maximum absolute atomic E-state index is 12.4. The zero-order valence-corrected chi connectivity index (χ0v) is 18.4. The molecule has 0 bridgehead atoms. The van der Waals surface area contributed by atoms with Gasteiger partial charge in [0.15, 0.2) is 0 Å². The van der Waals surface area contributed by atoms with Crippen LogP contribution in [0.2, 0.25) is 0 Å². The van der Waals surface area contributed by atoms with Gasteiger partial charge in [-0.1, -0.05) is 48.5 Å². The molecule has 0 spiro atoms. The van der Waals surface area contributed by atoms with Crippen molar-refractivity contribution in [3.8, 4) is 11.1 Å². The largest absolute Gasteiger partial charge is 0.449 e. The minimum Gasteiger partial charge on any atom is -0.449 e. The fourth-order valence-electron chi connectivity index (χ4n) is 4.40. The molecule has 1 saturated heterocycles. The molecule has 30 heavy (non-hydrogen) atoms. The minimum atomic E-state index is -2.02. The van der Waals surface area contributed by atoms with Crippen molar-refractivity contribution >= 4 is 15.8 Å². The molecule has 2 aromatic carbocycles. The highest BCUT2D eigenvalue weighted by molar-refractivity contribution is 7.93. The van der Waals surface area contributed by atoms with Crippen molar-refractivity contribution in [2.45, 2.75) is 18.9 Å². The lowest BCUT2D eigenvalue weighted by atomic mass is 9.98. The topological polar surface area (TPSA) is 71.0 Å². The van der Waals surface area contributed by atoms with Gasteiger partial charge in [-0.3, -0.25) is 4.90 Å². The third kappa shape index (κ3) is 4.37. The van der Waals surface area contributed by atoms with E-state index in [1.54, 1.807) is 7.05 Å². The third-order valence-corrected chi connectivity index (χ3v) is 8.33. The van der Waals surface area contributed by atoms with Gasteiger partial charge >= 0.3 is 6.09 Å². The molecule has 1 heterocycles. The summed E-state index contributed by atoms with van der Waals surface area (Å²) in [5.74, 6) is 1.26. The highest BCUT2D eigenvalue weighted by Crippen LogP contribution is 2.44. The Bertz CT molecular complexity index is 986. The van der Waals surface area contributed by atoms with Gasteiger partial charge in [-0.05, 0) is 29.2 Å². The van der Waals surface area contributed by atoms with E-state index in [4.69, 9.17) is 4.74 Å². The van der Waals surface area contributed by atoms with E-state index in [1.165, 1.54) is 22.3 Å². The number of benzene rings is 2. The number of alkyl carbamates (subject to hydrolysis) is 1. The molecule has 1 unspecified atom stereocenters. The Kier molecular flexibility index (Phi) is 6.11. The molecule has 0 aromatic heterocycles. The number of hydrogen-bond acceptors (Lipinski definition) is 5. The van der Waals surface area contributed by atoms with Crippen molar-refractivity contribution in [1.29, 1.82) is 0 Å². The number of carbonyl (C=O) groups excluding carboxylic acids is 1. The smallest absolute Gasteiger partial charge is 0.407 e. The van der Waals surface area contributed by atoms with Gasteiger partial charge in [0.1, 0.15) is 6.61 Å². The molecule has 1 aliphatic heterocycles. The lowest BCUT2D eigenvalue weighted by Gasteiger charge is -2.30. The second-order valence-corrected chi connectivity index (χ2v) is 10.8. The first kappa shape index (κ1) is 20.9. The van der Waals surface area contributed by atoms with E-state index in [-0.39, 0.29) is 12.0 Å². The Morgan fingerprint density at radius 2 is 1.70 bits per heavy atom. The first-order chi connectivity index (χ1) is 14.5. The molecule has 2 aliphatic rings. The zero-order valence-electron chi connectivity index (χ0n) is 17.5. The Hall–Kier alpha value is -2.38. The van der Waals surface area contributed by atoms with Crippen LogP contribution in [0, 0.1) is 0 Å². The molecule has 7 heteroatoms. The molecule has 6 nitrogen and oxygen atoms in total. The summed E-state index contributed by atoms with van der Waals surface area (Å²) in [7, 11) is -0.377.